The SMILES string of the molecule is CC(O)(Cc1ccc(F)cc1Br)c1cccs1. The van der Waals surface area contributed by atoms with Crippen LogP contribution >= 0.6 is 27.3 Å². The largest absolute Gasteiger partial charge is 0.384 e. The summed E-state index contributed by atoms with van der Waals surface area (Å²) in [4.78, 5) is 0.911. The fraction of sp³-hybridized carbons (Fsp3) is 0.231. The topological polar surface area (TPSA) is 20.2 Å². The standard InChI is InChI=1S/C13H12BrFOS/c1-13(16,12-3-2-6-17-12)8-9-4-5-10(15)7-11(9)14/h2-7,16H,8H2,1H3. The van der Waals surface area contributed by atoms with Crippen LogP contribution in [-0.4, -0.2) is 5.11 Å². The van der Waals surface area contributed by atoms with E-state index in [1.807, 2.05) is 17.5 Å². The van der Waals surface area contributed by atoms with Gasteiger partial charge in [0.2, 0.25) is 0 Å². The third kappa shape index (κ3) is 2.94. The first-order valence-corrected chi connectivity index (χ1v) is 6.86. The summed E-state index contributed by atoms with van der Waals surface area (Å²) in [6.07, 6.45) is 0.453. The maximum Gasteiger partial charge on any atom is 0.124 e. The minimum absolute atomic E-state index is 0.281. The van der Waals surface area contributed by atoms with Gasteiger partial charge < -0.3 is 5.11 Å². The van der Waals surface area contributed by atoms with Gasteiger partial charge in [-0.15, -0.1) is 11.3 Å². The molecule has 1 atom stereocenters. The summed E-state index contributed by atoms with van der Waals surface area (Å²) in [7, 11) is 0. The number of halogens is 2. The van der Waals surface area contributed by atoms with Crippen molar-refractivity contribution in [3.63, 3.8) is 0 Å². The van der Waals surface area contributed by atoms with E-state index in [1.165, 1.54) is 23.5 Å². The molecule has 1 heterocycles. The van der Waals surface area contributed by atoms with Crippen molar-refractivity contribution in [1.29, 1.82) is 0 Å². The predicted octanol–water partition coefficient (Wildman–Crippen LogP) is 4.10. The Morgan fingerprint density at radius 1 is 1.41 bits per heavy atom. The van der Waals surface area contributed by atoms with Crippen molar-refractivity contribution in [2.24, 2.45) is 0 Å². The number of thiophene rings is 1. The van der Waals surface area contributed by atoms with Gasteiger partial charge in [-0.05, 0) is 36.1 Å². The van der Waals surface area contributed by atoms with Crippen LogP contribution in [0, 0.1) is 5.82 Å². The van der Waals surface area contributed by atoms with Gasteiger partial charge in [0.05, 0.1) is 5.60 Å². The third-order valence-electron chi connectivity index (χ3n) is 2.60. The van der Waals surface area contributed by atoms with Crippen molar-refractivity contribution in [2.75, 3.05) is 0 Å². The van der Waals surface area contributed by atoms with Crippen LogP contribution in [0.15, 0.2) is 40.2 Å². The van der Waals surface area contributed by atoms with Gasteiger partial charge in [-0.2, -0.15) is 0 Å². The number of hydrogen-bond acceptors (Lipinski definition) is 2. The Morgan fingerprint density at radius 3 is 2.76 bits per heavy atom. The Hall–Kier alpha value is -0.710. The maximum absolute atomic E-state index is 13.0. The summed E-state index contributed by atoms with van der Waals surface area (Å²) in [5.41, 5.74) is -0.0288. The van der Waals surface area contributed by atoms with Crippen LogP contribution in [0.2, 0.25) is 0 Å². The molecule has 1 nitrogen and oxygen atoms in total. The third-order valence-corrected chi connectivity index (χ3v) is 4.46. The van der Waals surface area contributed by atoms with Crippen LogP contribution in [0.3, 0.4) is 0 Å². The lowest BCUT2D eigenvalue weighted by Crippen LogP contribution is -2.23. The summed E-state index contributed by atoms with van der Waals surface area (Å²) in [5.74, 6) is -0.281. The van der Waals surface area contributed by atoms with E-state index in [4.69, 9.17) is 0 Å². The Balaban J connectivity index is 2.26. The molecular weight excluding hydrogens is 303 g/mol. The minimum atomic E-state index is -0.922. The molecule has 1 aromatic carbocycles. The minimum Gasteiger partial charge on any atom is -0.384 e. The van der Waals surface area contributed by atoms with Gasteiger partial charge in [-0.1, -0.05) is 28.1 Å². The van der Waals surface area contributed by atoms with Gasteiger partial charge in [0.25, 0.3) is 0 Å². The molecule has 0 aliphatic carbocycles. The van der Waals surface area contributed by atoms with E-state index in [2.05, 4.69) is 15.9 Å². The zero-order valence-corrected chi connectivity index (χ0v) is 11.7. The first-order valence-electron chi connectivity index (χ1n) is 5.19. The van der Waals surface area contributed by atoms with Crippen molar-refractivity contribution < 1.29 is 9.50 Å². The molecule has 17 heavy (non-hydrogen) atoms. The molecule has 1 aromatic heterocycles. The average molecular weight is 315 g/mol. The molecule has 0 bridgehead atoms. The fourth-order valence-electron chi connectivity index (χ4n) is 1.71. The summed E-state index contributed by atoms with van der Waals surface area (Å²) in [5, 5.41) is 12.4. The highest BCUT2D eigenvalue weighted by atomic mass is 79.9. The van der Waals surface area contributed by atoms with Crippen LogP contribution < -0.4 is 0 Å². The number of hydrogen-bond donors (Lipinski definition) is 1. The van der Waals surface area contributed by atoms with Crippen molar-refractivity contribution >= 4 is 27.3 Å². The fourth-order valence-corrected chi connectivity index (χ4v) is 2.99. The number of rotatable bonds is 3. The van der Waals surface area contributed by atoms with E-state index in [9.17, 15) is 9.50 Å². The van der Waals surface area contributed by atoms with Crippen molar-refractivity contribution in [2.45, 2.75) is 18.9 Å². The zero-order chi connectivity index (χ0) is 12.5. The van der Waals surface area contributed by atoms with Crippen molar-refractivity contribution in [1.82, 2.24) is 0 Å². The second kappa shape index (κ2) is 4.88. The summed E-state index contributed by atoms with van der Waals surface area (Å²) < 4.78 is 13.7. The van der Waals surface area contributed by atoms with Gasteiger partial charge in [0.15, 0.2) is 0 Å². The predicted molar refractivity (Wildman–Crippen MR) is 71.7 cm³/mol. The molecule has 0 amide bonds. The van der Waals surface area contributed by atoms with E-state index < -0.39 is 5.60 Å². The smallest absolute Gasteiger partial charge is 0.124 e. The van der Waals surface area contributed by atoms with Crippen molar-refractivity contribution in [3.05, 3.63) is 56.4 Å². The summed E-state index contributed by atoms with van der Waals surface area (Å²) >= 11 is 4.83. The van der Waals surface area contributed by atoms with E-state index in [0.717, 1.165) is 10.4 Å². The van der Waals surface area contributed by atoms with Crippen LogP contribution in [0.1, 0.15) is 17.4 Å². The van der Waals surface area contributed by atoms with E-state index in [0.29, 0.717) is 10.9 Å². The van der Waals surface area contributed by atoms with Crippen LogP contribution in [0.4, 0.5) is 4.39 Å². The lowest BCUT2D eigenvalue weighted by molar-refractivity contribution is 0.0613. The molecule has 0 aliphatic heterocycles. The molecule has 0 spiro atoms. The normalized spacial score (nSPS) is 14.6. The first-order chi connectivity index (χ1) is 7.99. The zero-order valence-electron chi connectivity index (χ0n) is 9.28. The summed E-state index contributed by atoms with van der Waals surface area (Å²) in [6.45, 7) is 1.77. The Bertz CT molecular complexity index is 508. The van der Waals surface area contributed by atoms with Crippen LogP contribution in [-0.2, 0) is 12.0 Å². The van der Waals surface area contributed by atoms with E-state index in [-0.39, 0.29) is 5.82 Å². The average Bonchev–Trinajstić information content (AvgIpc) is 2.76. The highest BCUT2D eigenvalue weighted by molar-refractivity contribution is 9.10. The molecule has 0 aliphatic rings. The van der Waals surface area contributed by atoms with Crippen LogP contribution in [0.25, 0.3) is 0 Å². The monoisotopic (exact) mass is 314 g/mol. The number of aliphatic hydroxyl groups is 1. The first kappa shape index (κ1) is 12.7. The molecule has 90 valence electrons. The lowest BCUT2D eigenvalue weighted by atomic mass is 9.95. The van der Waals surface area contributed by atoms with E-state index >= 15 is 0 Å². The lowest BCUT2D eigenvalue weighted by Gasteiger charge is -2.22. The molecule has 0 saturated carbocycles. The summed E-state index contributed by atoms with van der Waals surface area (Å²) in [6, 6.07) is 8.34. The van der Waals surface area contributed by atoms with Crippen molar-refractivity contribution in [3.8, 4) is 0 Å². The van der Waals surface area contributed by atoms with Gasteiger partial charge in [0, 0.05) is 15.8 Å². The highest BCUT2D eigenvalue weighted by Gasteiger charge is 2.25. The second-order valence-corrected chi connectivity index (χ2v) is 5.97. The molecule has 2 rings (SSSR count). The number of benzene rings is 1. The Labute approximate surface area is 112 Å². The Morgan fingerprint density at radius 2 is 2.18 bits per heavy atom. The Kier molecular flexibility index (Phi) is 3.66. The van der Waals surface area contributed by atoms with Gasteiger partial charge >= 0.3 is 0 Å². The van der Waals surface area contributed by atoms with Gasteiger partial charge in [0.1, 0.15) is 5.82 Å². The van der Waals surface area contributed by atoms with Gasteiger partial charge in [-0.25, -0.2) is 4.39 Å². The highest BCUT2D eigenvalue weighted by Crippen LogP contribution is 2.31. The molecule has 1 unspecified atom stereocenters. The van der Waals surface area contributed by atoms with Crippen LogP contribution in [0.5, 0.6) is 0 Å². The molecule has 1 N–H and O–H groups in total. The molecule has 2 aromatic rings. The molecular formula is C13H12BrFOS. The van der Waals surface area contributed by atoms with Gasteiger partial charge in [-0.3, -0.25) is 0 Å². The second-order valence-electron chi connectivity index (χ2n) is 4.16. The molecule has 4 heteroatoms. The van der Waals surface area contributed by atoms with E-state index in [1.54, 1.807) is 13.0 Å². The molecule has 0 radical (unpaired) electrons. The molecule has 0 fully saturated rings. The maximum atomic E-state index is 13.0. The molecule has 0 saturated heterocycles. The quantitative estimate of drug-likeness (QED) is 0.904.